The van der Waals surface area contributed by atoms with Crippen LogP contribution in [0, 0.1) is 0 Å². The molecule has 0 bridgehead atoms. The van der Waals surface area contributed by atoms with E-state index in [0.29, 0.717) is 13.1 Å². The van der Waals surface area contributed by atoms with Crippen molar-refractivity contribution in [3.05, 3.63) is 35.4 Å². The first kappa shape index (κ1) is 15.2. The van der Waals surface area contributed by atoms with E-state index in [-0.39, 0.29) is 11.5 Å². The van der Waals surface area contributed by atoms with E-state index < -0.39 is 5.97 Å². The molecule has 1 amide bonds. The Morgan fingerprint density at radius 1 is 1.37 bits per heavy atom. The zero-order chi connectivity index (χ0) is 14.3. The summed E-state index contributed by atoms with van der Waals surface area (Å²) in [6.45, 7) is 3.74. The number of aromatic carboxylic acids is 1. The van der Waals surface area contributed by atoms with Gasteiger partial charge < -0.3 is 10.4 Å². The first-order chi connectivity index (χ1) is 9.06. The lowest BCUT2D eigenvalue weighted by molar-refractivity contribution is -0.121. The van der Waals surface area contributed by atoms with Gasteiger partial charge in [-0.3, -0.25) is 9.69 Å². The Kier molecular flexibility index (Phi) is 6.02. The molecule has 1 aromatic rings. The standard InChI is InChI=1S/C14H20N2O3/c1-3-7-16(10-13(17)15-2)9-11-5-4-6-12(8-11)14(18)19/h4-6,8H,3,7,9-10H2,1-2H3,(H,15,17)(H,18,19). The fraction of sp³-hybridized carbons (Fsp3) is 0.429. The highest BCUT2D eigenvalue weighted by atomic mass is 16.4. The molecule has 0 unspecified atom stereocenters. The Balaban J connectivity index is 2.75. The summed E-state index contributed by atoms with van der Waals surface area (Å²) >= 11 is 0. The molecule has 5 heteroatoms. The van der Waals surface area contributed by atoms with Crippen molar-refractivity contribution in [3.8, 4) is 0 Å². The summed E-state index contributed by atoms with van der Waals surface area (Å²) in [7, 11) is 1.61. The van der Waals surface area contributed by atoms with E-state index in [4.69, 9.17) is 5.11 Å². The van der Waals surface area contributed by atoms with Crippen molar-refractivity contribution in [1.29, 1.82) is 0 Å². The smallest absolute Gasteiger partial charge is 0.335 e. The number of rotatable bonds is 7. The number of carboxylic acids is 1. The second-order valence-corrected chi connectivity index (χ2v) is 4.39. The average molecular weight is 264 g/mol. The molecule has 1 aromatic carbocycles. The Labute approximate surface area is 113 Å². The molecule has 0 atom stereocenters. The highest BCUT2D eigenvalue weighted by Gasteiger charge is 2.10. The van der Waals surface area contributed by atoms with Gasteiger partial charge in [-0.15, -0.1) is 0 Å². The van der Waals surface area contributed by atoms with Crippen molar-refractivity contribution >= 4 is 11.9 Å². The third-order valence-corrected chi connectivity index (χ3v) is 2.77. The molecule has 0 heterocycles. The quantitative estimate of drug-likeness (QED) is 0.780. The van der Waals surface area contributed by atoms with Crippen LogP contribution in [0.1, 0.15) is 29.3 Å². The molecule has 0 spiro atoms. The Hall–Kier alpha value is -1.88. The number of carboxylic acid groups (broad SMARTS) is 1. The lowest BCUT2D eigenvalue weighted by atomic mass is 10.1. The summed E-state index contributed by atoms with van der Waals surface area (Å²) in [4.78, 5) is 24.3. The average Bonchev–Trinajstić information content (AvgIpc) is 2.39. The first-order valence-corrected chi connectivity index (χ1v) is 6.32. The summed E-state index contributed by atoms with van der Waals surface area (Å²) in [6.07, 6.45) is 0.940. The van der Waals surface area contributed by atoms with Gasteiger partial charge in [-0.2, -0.15) is 0 Å². The van der Waals surface area contributed by atoms with Gasteiger partial charge in [-0.25, -0.2) is 4.79 Å². The molecule has 0 aliphatic carbocycles. The topological polar surface area (TPSA) is 69.6 Å². The van der Waals surface area contributed by atoms with Gasteiger partial charge in [0.05, 0.1) is 12.1 Å². The predicted octanol–water partition coefficient (Wildman–Crippen LogP) is 1.34. The molecule has 19 heavy (non-hydrogen) atoms. The van der Waals surface area contributed by atoms with Gasteiger partial charge in [0.2, 0.25) is 5.91 Å². The molecule has 104 valence electrons. The maximum Gasteiger partial charge on any atom is 0.335 e. The van der Waals surface area contributed by atoms with E-state index in [0.717, 1.165) is 18.5 Å². The van der Waals surface area contributed by atoms with Gasteiger partial charge in [0.15, 0.2) is 0 Å². The number of likely N-dealkylation sites (N-methyl/N-ethyl adjacent to an activating group) is 1. The van der Waals surface area contributed by atoms with Crippen molar-refractivity contribution in [2.75, 3.05) is 20.1 Å². The molecular weight excluding hydrogens is 244 g/mol. The number of carbonyl (C=O) groups is 2. The van der Waals surface area contributed by atoms with Gasteiger partial charge in [-0.1, -0.05) is 19.1 Å². The van der Waals surface area contributed by atoms with Gasteiger partial charge in [-0.05, 0) is 30.7 Å². The number of nitrogens with one attached hydrogen (secondary N) is 1. The number of amides is 1. The molecule has 1 rings (SSSR count). The van der Waals surface area contributed by atoms with Crippen LogP contribution in [0.25, 0.3) is 0 Å². The fourth-order valence-electron chi connectivity index (χ4n) is 1.87. The third-order valence-electron chi connectivity index (χ3n) is 2.77. The van der Waals surface area contributed by atoms with E-state index >= 15 is 0 Å². The maximum atomic E-state index is 11.4. The van der Waals surface area contributed by atoms with Crippen LogP contribution in [0.2, 0.25) is 0 Å². The van der Waals surface area contributed by atoms with E-state index in [1.165, 1.54) is 0 Å². The van der Waals surface area contributed by atoms with Crippen molar-refractivity contribution in [2.45, 2.75) is 19.9 Å². The first-order valence-electron chi connectivity index (χ1n) is 6.32. The number of nitrogens with zero attached hydrogens (tertiary/aromatic N) is 1. The van der Waals surface area contributed by atoms with Crippen molar-refractivity contribution in [1.82, 2.24) is 10.2 Å². The minimum Gasteiger partial charge on any atom is -0.478 e. The summed E-state index contributed by atoms with van der Waals surface area (Å²) in [5.41, 5.74) is 1.17. The molecule has 0 saturated carbocycles. The SMILES string of the molecule is CCCN(CC(=O)NC)Cc1cccc(C(=O)O)c1. The van der Waals surface area contributed by atoms with Crippen LogP contribution in [0.3, 0.4) is 0 Å². The van der Waals surface area contributed by atoms with E-state index in [1.54, 1.807) is 25.2 Å². The molecule has 0 radical (unpaired) electrons. The van der Waals surface area contributed by atoms with Crippen molar-refractivity contribution < 1.29 is 14.7 Å². The molecule has 0 fully saturated rings. The van der Waals surface area contributed by atoms with Crippen molar-refractivity contribution in [3.63, 3.8) is 0 Å². The fourth-order valence-corrected chi connectivity index (χ4v) is 1.87. The third kappa shape index (κ3) is 5.09. The van der Waals surface area contributed by atoms with Crippen molar-refractivity contribution in [2.24, 2.45) is 0 Å². The molecule has 0 aromatic heterocycles. The molecule has 0 saturated heterocycles. The highest BCUT2D eigenvalue weighted by molar-refractivity contribution is 5.87. The van der Waals surface area contributed by atoms with Crippen LogP contribution in [-0.4, -0.2) is 42.0 Å². The van der Waals surface area contributed by atoms with Gasteiger partial charge >= 0.3 is 5.97 Å². The van der Waals surface area contributed by atoms with Crippen LogP contribution in [0.15, 0.2) is 24.3 Å². The molecule has 0 aliphatic rings. The second-order valence-electron chi connectivity index (χ2n) is 4.39. The highest BCUT2D eigenvalue weighted by Crippen LogP contribution is 2.09. The maximum absolute atomic E-state index is 11.4. The van der Waals surface area contributed by atoms with Crippen LogP contribution >= 0.6 is 0 Å². The van der Waals surface area contributed by atoms with E-state index in [1.807, 2.05) is 17.9 Å². The van der Waals surface area contributed by atoms with Crippen LogP contribution in [0.5, 0.6) is 0 Å². The lowest BCUT2D eigenvalue weighted by Crippen LogP contribution is -2.35. The molecule has 2 N–H and O–H groups in total. The normalized spacial score (nSPS) is 10.5. The monoisotopic (exact) mass is 264 g/mol. The summed E-state index contributed by atoms with van der Waals surface area (Å²) in [6, 6.07) is 6.81. The number of carbonyl (C=O) groups excluding carboxylic acids is 1. The minimum atomic E-state index is -0.935. The zero-order valence-corrected chi connectivity index (χ0v) is 11.3. The predicted molar refractivity (Wildman–Crippen MR) is 73.0 cm³/mol. The molecule has 5 nitrogen and oxygen atoms in total. The second kappa shape index (κ2) is 7.53. The molecule has 0 aliphatic heterocycles. The zero-order valence-electron chi connectivity index (χ0n) is 11.3. The summed E-state index contributed by atoms with van der Waals surface area (Å²) in [5, 5.41) is 11.5. The van der Waals surface area contributed by atoms with Gasteiger partial charge in [0, 0.05) is 13.6 Å². The Bertz CT molecular complexity index is 446. The lowest BCUT2D eigenvalue weighted by Gasteiger charge is -2.20. The van der Waals surface area contributed by atoms with Gasteiger partial charge in [0.1, 0.15) is 0 Å². The van der Waals surface area contributed by atoms with Crippen LogP contribution in [-0.2, 0) is 11.3 Å². The minimum absolute atomic E-state index is 0.0390. The Morgan fingerprint density at radius 3 is 2.68 bits per heavy atom. The summed E-state index contributed by atoms with van der Waals surface area (Å²) in [5.74, 6) is -0.974. The number of hydrogen-bond acceptors (Lipinski definition) is 3. The summed E-state index contributed by atoms with van der Waals surface area (Å²) < 4.78 is 0. The number of hydrogen-bond donors (Lipinski definition) is 2. The number of benzene rings is 1. The van der Waals surface area contributed by atoms with E-state index in [2.05, 4.69) is 5.32 Å². The molecular formula is C14H20N2O3. The van der Waals surface area contributed by atoms with E-state index in [9.17, 15) is 9.59 Å². The van der Waals surface area contributed by atoms with Crippen LogP contribution in [0.4, 0.5) is 0 Å². The largest absolute Gasteiger partial charge is 0.478 e. The van der Waals surface area contributed by atoms with Gasteiger partial charge in [0.25, 0.3) is 0 Å². The van der Waals surface area contributed by atoms with Crippen LogP contribution < -0.4 is 5.32 Å². The Morgan fingerprint density at radius 2 is 2.11 bits per heavy atom.